The number of hydrogen-bond acceptors (Lipinski definition) is 3. The molecule has 11 heavy (non-hydrogen) atoms. The van der Waals surface area contributed by atoms with Crippen LogP contribution in [0.25, 0.3) is 0 Å². The molecule has 3 heteroatoms. The number of fused-ring (bicyclic) bond motifs is 1. The van der Waals surface area contributed by atoms with Crippen LogP contribution in [0.2, 0.25) is 0 Å². The van der Waals surface area contributed by atoms with E-state index < -0.39 is 0 Å². The SMILES string of the molecule is N[C@H]1CCCc2cnoc2C1. The molecular formula is C8H12N2O. The van der Waals surface area contributed by atoms with Gasteiger partial charge in [0.1, 0.15) is 5.76 Å². The van der Waals surface area contributed by atoms with E-state index >= 15 is 0 Å². The summed E-state index contributed by atoms with van der Waals surface area (Å²) in [4.78, 5) is 0. The standard InChI is InChI=1S/C8H12N2O/c9-7-3-1-2-6-5-10-11-8(6)4-7/h5,7H,1-4,9H2/t7-/m0/s1. The zero-order valence-electron chi connectivity index (χ0n) is 6.42. The second-order valence-electron chi connectivity index (χ2n) is 3.13. The van der Waals surface area contributed by atoms with Crippen molar-refractivity contribution in [3.05, 3.63) is 17.5 Å². The third-order valence-electron chi connectivity index (χ3n) is 2.20. The molecule has 0 bridgehead atoms. The maximum atomic E-state index is 5.82. The van der Waals surface area contributed by atoms with Crippen LogP contribution in [0.4, 0.5) is 0 Å². The Morgan fingerprint density at radius 3 is 3.45 bits per heavy atom. The molecule has 1 aromatic heterocycles. The van der Waals surface area contributed by atoms with Gasteiger partial charge < -0.3 is 10.3 Å². The van der Waals surface area contributed by atoms with Crippen molar-refractivity contribution in [1.29, 1.82) is 0 Å². The van der Waals surface area contributed by atoms with Crippen molar-refractivity contribution in [3.63, 3.8) is 0 Å². The quantitative estimate of drug-likeness (QED) is 0.561. The largest absolute Gasteiger partial charge is 0.361 e. The first kappa shape index (κ1) is 6.85. The van der Waals surface area contributed by atoms with Crippen LogP contribution in [0, 0.1) is 0 Å². The average Bonchev–Trinajstić information content (AvgIpc) is 2.31. The highest BCUT2D eigenvalue weighted by Gasteiger charge is 2.16. The Kier molecular flexibility index (Phi) is 1.66. The second-order valence-corrected chi connectivity index (χ2v) is 3.13. The molecule has 0 aliphatic heterocycles. The molecule has 0 spiro atoms. The van der Waals surface area contributed by atoms with Crippen LogP contribution in [-0.2, 0) is 12.8 Å². The van der Waals surface area contributed by atoms with Gasteiger partial charge in [0.05, 0.1) is 6.20 Å². The first-order chi connectivity index (χ1) is 5.36. The van der Waals surface area contributed by atoms with E-state index in [0.717, 1.165) is 31.4 Å². The van der Waals surface area contributed by atoms with Crippen molar-refractivity contribution in [1.82, 2.24) is 5.16 Å². The van der Waals surface area contributed by atoms with Crippen LogP contribution in [0.1, 0.15) is 24.2 Å². The van der Waals surface area contributed by atoms with Gasteiger partial charge in [-0.05, 0) is 19.3 Å². The molecule has 0 radical (unpaired) electrons. The Labute approximate surface area is 65.6 Å². The fourth-order valence-electron chi connectivity index (χ4n) is 1.55. The van der Waals surface area contributed by atoms with Gasteiger partial charge in [-0.15, -0.1) is 0 Å². The van der Waals surface area contributed by atoms with Gasteiger partial charge in [0.25, 0.3) is 0 Å². The van der Waals surface area contributed by atoms with Gasteiger partial charge >= 0.3 is 0 Å². The molecule has 0 aromatic carbocycles. The van der Waals surface area contributed by atoms with Gasteiger partial charge in [-0.3, -0.25) is 0 Å². The Morgan fingerprint density at radius 2 is 2.55 bits per heavy atom. The third kappa shape index (κ3) is 1.28. The fraction of sp³-hybridized carbons (Fsp3) is 0.625. The number of rotatable bonds is 0. The summed E-state index contributed by atoms with van der Waals surface area (Å²) < 4.78 is 5.08. The maximum Gasteiger partial charge on any atom is 0.141 e. The summed E-state index contributed by atoms with van der Waals surface area (Å²) in [6.07, 6.45) is 6.01. The van der Waals surface area contributed by atoms with E-state index in [1.165, 1.54) is 5.56 Å². The van der Waals surface area contributed by atoms with Crippen molar-refractivity contribution >= 4 is 0 Å². The van der Waals surface area contributed by atoms with Crippen molar-refractivity contribution in [3.8, 4) is 0 Å². The Hall–Kier alpha value is -0.830. The minimum atomic E-state index is 0.268. The van der Waals surface area contributed by atoms with E-state index in [4.69, 9.17) is 10.3 Å². The van der Waals surface area contributed by atoms with Crippen LogP contribution in [-0.4, -0.2) is 11.2 Å². The van der Waals surface area contributed by atoms with Crippen LogP contribution < -0.4 is 5.73 Å². The molecule has 60 valence electrons. The molecule has 0 saturated carbocycles. The molecule has 2 rings (SSSR count). The monoisotopic (exact) mass is 152 g/mol. The number of nitrogens with zero attached hydrogens (tertiary/aromatic N) is 1. The predicted molar refractivity (Wildman–Crippen MR) is 41.1 cm³/mol. The Balaban J connectivity index is 2.26. The average molecular weight is 152 g/mol. The van der Waals surface area contributed by atoms with Crippen LogP contribution in [0.5, 0.6) is 0 Å². The van der Waals surface area contributed by atoms with Crippen LogP contribution >= 0.6 is 0 Å². The Bertz CT molecular complexity index is 244. The van der Waals surface area contributed by atoms with Crippen LogP contribution in [0.15, 0.2) is 10.7 Å². The van der Waals surface area contributed by atoms with Crippen molar-refractivity contribution in [2.24, 2.45) is 5.73 Å². The fourth-order valence-corrected chi connectivity index (χ4v) is 1.55. The summed E-state index contributed by atoms with van der Waals surface area (Å²) in [7, 11) is 0. The minimum Gasteiger partial charge on any atom is -0.361 e. The number of nitrogens with two attached hydrogens (primary N) is 1. The lowest BCUT2D eigenvalue weighted by molar-refractivity contribution is 0.373. The molecule has 1 aliphatic carbocycles. The second kappa shape index (κ2) is 2.66. The van der Waals surface area contributed by atoms with Gasteiger partial charge in [-0.25, -0.2) is 0 Å². The van der Waals surface area contributed by atoms with Gasteiger partial charge in [0, 0.05) is 18.0 Å². The highest BCUT2D eigenvalue weighted by Crippen LogP contribution is 2.18. The molecule has 1 aromatic rings. The van der Waals surface area contributed by atoms with Crippen molar-refractivity contribution in [2.75, 3.05) is 0 Å². The predicted octanol–water partition coefficient (Wildman–Crippen LogP) is 0.881. The first-order valence-electron chi connectivity index (χ1n) is 4.04. The van der Waals surface area contributed by atoms with Crippen molar-refractivity contribution < 1.29 is 4.52 Å². The number of hydrogen-bond donors (Lipinski definition) is 1. The Morgan fingerprint density at radius 1 is 1.64 bits per heavy atom. The minimum absolute atomic E-state index is 0.268. The lowest BCUT2D eigenvalue weighted by atomic mass is 10.1. The van der Waals surface area contributed by atoms with Gasteiger partial charge in [0.2, 0.25) is 0 Å². The molecule has 1 heterocycles. The summed E-state index contributed by atoms with van der Waals surface area (Å²) >= 11 is 0. The summed E-state index contributed by atoms with van der Waals surface area (Å²) in [5, 5.41) is 3.75. The highest BCUT2D eigenvalue weighted by molar-refractivity contribution is 5.16. The molecule has 3 nitrogen and oxygen atoms in total. The summed E-state index contributed by atoms with van der Waals surface area (Å²) in [6.45, 7) is 0. The van der Waals surface area contributed by atoms with E-state index in [1.807, 2.05) is 6.20 Å². The maximum absolute atomic E-state index is 5.82. The lowest BCUT2D eigenvalue weighted by Crippen LogP contribution is -2.21. The van der Waals surface area contributed by atoms with Crippen LogP contribution in [0.3, 0.4) is 0 Å². The summed E-state index contributed by atoms with van der Waals surface area (Å²) in [5.41, 5.74) is 7.07. The molecule has 1 atom stereocenters. The van der Waals surface area contributed by atoms with E-state index in [1.54, 1.807) is 0 Å². The van der Waals surface area contributed by atoms with E-state index in [2.05, 4.69) is 5.16 Å². The highest BCUT2D eigenvalue weighted by atomic mass is 16.5. The summed E-state index contributed by atoms with van der Waals surface area (Å²) in [5.74, 6) is 0.995. The lowest BCUT2D eigenvalue weighted by Gasteiger charge is -2.03. The molecule has 0 saturated heterocycles. The summed E-state index contributed by atoms with van der Waals surface area (Å²) in [6, 6.07) is 0.268. The molecule has 2 N–H and O–H groups in total. The molecule has 0 fully saturated rings. The van der Waals surface area contributed by atoms with E-state index in [0.29, 0.717) is 0 Å². The third-order valence-corrected chi connectivity index (χ3v) is 2.20. The normalized spacial score (nSPS) is 24.3. The molecule has 0 unspecified atom stereocenters. The number of aromatic nitrogens is 1. The van der Waals surface area contributed by atoms with Crippen molar-refractivity contribution in [2.45, 2.75) is 31.7 Å². The van der Waals surface area contributed by atoms with E-state index in [-0.39, 0.29) is 6.04 Å². The molecule has 0 amide bonds. The smallest absolute Gasteiger partial charge is 0.141 e. The topological polar surface area (TPSA) is 52.0 Å². The zero-order chi connectivity index (χ0) is 7.68. The van der Waals surface area contributed by atoms with E-state index in [9.17, 15) is 0 Å². The zero-order valence-corrected chi connectivity index (χ0v) is 6.42. The molecule has 1 aliphatic rings. The van der Waals surface area contributed by atoms with Gasteiger partial charge in [-0.1, -0.05) is 5.16 Å². The molecular weight excluding hydrogens is 140 g/mol. The van der Waals surface area contributed by atoms with Gasteiger partial charge in [-0.2, -0.15) is 0 Å². The van der Waals surface area contributed by atoms with Gasteiger partial charge in [0.15, 0.2) is 0 Å². The number of aryl methyl sites for hydroxylation is 1. The first-order valence-corrected chi connectivity index (χ1v) is 4.04.